The summed E-state index contributed by atoms with van der Waals surface area (Å²) in [6.07, 6.45) is 10.8. The highest BCUT2D eigenvalue weighted by molar-refractivity contribution is 5.66. The summed E-state index contributed by atoms with van der Waals surface area (Å²) in [4.78, 5) is 11.6. The number of ether oxygens (including phenoxy) is 1. The van der Waals surface area contributed by atoms with Crippen molar-refractivity contribution in [2.24, 2.45) is 23.2 Å². The van der Waals surface area contributed by atoms with Crippen molar-refractivity contribution in [1.82, 2.24) is 0 Å². The molecule has 0 radical (unpaired) electrons. The molecule has 1 fully saturated rings. The van der Waals surface area contributed by atoms with E-state index < -0.39 is 17.3 Å². The minimum Gasteiger partial charge on any atom is -0.455 e. The third-order valence-corrected chi connectivity index (χ3v) is 6.29. The summed E-state index contributed by atoms with van der Waals surface area (Å²) < 4.78 is 5.59. The van der Waals surface area contributed by atoms with E-state index in [1.807, 2.05) is 32.9 Å². The van der Waals surface area contributed by atoms with Crippen LogP contribution < -0.4 is 0 Å². The molecule has 0 aromatic rings. The molecular formula is C22H36O4. The number of fused-ring (bicyclic) bond motifs is 1. The second kappa shape index (κ2) is 7.47. The summed E-state index contributed by atoms with van der Waals surface area (Å²) in [5, 5.41) is 22.0. The van der Waals surface area contributed by atoms with Gasteiger partial charge in [-0.25, -0.2) is 0 Å². The molecule has 4 nitrogen and oxygen atoms in total. The molecule has 2 rings (SSSR count). The average molecular weight is 365 g/mol. The van der Waals surface area contributed by atoms with Gasteiger partial charge in [-0.1, -0.05) is 32.1 Å². The summed E-state index contributed by atoms with van der Waals surface area (Å²) in [5.41, 5.74) is -1.89. The summed E-state index contributed by atoms with van der Waals surface area (Å²) >= 11 is 0. The van der Waals surface area contributed by atoms with Gasteiger partial charge in [0.1, 0.15) is 5.60 Å². The first-order chi connectivity index (χ1) is 11.9. The van der Waals surface area contributed by atoms with Crippen LogP contribution in [0.1, 0.15) is 67.2 Å². The zero-order chi connectivity index (χ0) is 19.8. The molecule has 0 unspecified atom stereocenters. The lowest BCUT2D eigenvalue weighted by atomic mass is 9.68. The predicted molar refractivity (Wildman–Crippen MR) is 103 cm³/mol. The number of esters is 1. The SMILES string of the molecule is CC(=O)O[C@]1(C)/C=C\C[C@@H](C)/C=C/[C@@]2(C)CC[C@@H](C(C)(C)O)[C@@H]2[C@@H](O)C1. The van der Waals surface area contributed by atoms with Gasteiger partial charge in [0.05, 0.1) is 11.7 Å². The van der Waals surface area contributed by atoms with Gasteiger partial charge in [0.15, 0.2) is 0 Å². The third kappa shape index (κ3) is 4.77. The Hall–Kier alpha value is -1.13. The fraction of sp³-hybridized carbons (Fsp3) is 0.773. The topological polar surface area (TPSA) is 66.8 Å². The Bertz CT molecular complexity index is 573. The van der Waals surface area contributed by atoms with Crippen LogP contribution in [0.4, 0.5) is 0 Å². The number of carbonyl (C=O) groups is 1. The highest BCUT2D eigenvalue weighted by atomic mass is 16.6. The van der Waals surface area contributed by atoms with E-state index in [4.69, 9.17) is 4.74 Å². The van der Waals surface area contributed by atoms with E-state index in [9.17, 15) is 15.0 Å². The van der Waals surface area contributed by atoms with Crippen LogP contribution in [0.3, 0.4) is 0 Å². The van der Waals surface area contributed by atoms with E-state index >= 15 is 0 Å². The molecule has 1 saturated carbocycles. The normalized spacial score (nSPS) is 43.8. The third-order valence-electron chi connectivity index (χ3n) is 6.29. The van der Waals surface area contributed by atoms with Crippen molar-refractivity contribution in [2.75, 3.05) is 0 Å². The molecule has 0 saturated heterocycles. The molecule has 148 valence electrons. The summed E-state index contributed by atoms with van der Waals surface area (Å²) in [6.45, 7) is 11.3. The number of rotatable bonds is 2. The molecule has 0 amide bonds. The quantitative estimate of drug-likeness (QED) is 0.574. The lowest BCUT2D eigenvalue weighted by Gasteiger charge is -2.42. The van der Waals surface area contributed by atoms with Crippen LogP contribution >= 0.6 is 0 Å². The molecule has 0 heterocycles. The highest BCUT2D eigenvalue weighted by Gasteiger charge is 2.52. The second-order valence-corrected chi connectivity index (χ2v) is 9.48. The van der Waals surface area contributed by atoms with Gasteiger partial charge in [-0.3, -0.25) is 4.79 Å². The van der Waals surface area contributed by atoms with Crippen LogP contribution in [0.15, 0.2) is 24.3 Å². The first-order valence-corrected chi connectivity index (χ1v) is 9.83. The van der Waals surface area contributed by atoms with Crippen molar-refractivity contribution in [3.8, 4) is 0 Å². The van der Waals surface area contributed by atoms with Crippen LogP contribution in [0.25, 0.3) is 0 Å². The van der Waals surface area contributed by atoms with Gasteiger partial charge < -0.3 is 14.9 Å². The molecule has 2 N–H and O–H groups in total. The zero-order valence-corrected chi connectivity index (χ0v) is 17.2. The Morgan fingerprint density at radius 1 is 1.27 bits per heavy atom. The molecule has 0 aromatic carbocycles. The van der Waals surface area contributed by atoms with Crippen molar-refractivity contribution in [1.29, 1.82) is 0 Å². The average Bonchev–Trinajstić information content (AvgIpc) is 2.81. The summed E-state index contributed by atoms with van der Waals surface area (Å²) in [5.74, 6) is -0.0820. The van der Waals surface area contributed by atoms with Crippen molar-refractivity contribution < 1.29 is 19.7 Å². The van der Waals surface area contributed by atoms with Gasteiger partial charge >= 0.3 is 5.97 Å². The van der Waals surface area contributed by atoms with Crippen molar-refractivity contribution in [3.63, 3.8) is 0 Å². The fourth-order valence-corrected chi connectivity index (χ4v) is 4.98. The van der Waals surface area contributed by atoms with E-state index in [0.29, 0.717) is 12.3 Å². The Morgan fingerprint density at radius 3 is 2.50 bits per heavy atom. The molecule has 2 aliphatic carbocycles. The first-order valence-electron chi connectivity index (χ1n) is 9.83. The van der Waals surface area contributed by atoms with Crippen LogP contribution in [-0.2, 0) is 9.53 Å². The summed E-state index contributed by atoms with van der Waals surface area (Å²) in [6, 6.07) is 0. The number of aliphatic hydroxyl groups is 2. The number of allylic oxidation sites excluding steroid dienone is 3. The van der Waals surface area contributed by atoms with Crippen LogP contribution in [0.5, 0.6) is 0 Å². The van der Waals surface area contributed by atoms with Gasteiger partial charge in [-0.2, -0.15) is 0 Å². The Kier molecular flexibility index (Phi) is 6.09. The minimum absolute atomic E-state index is 0.00577. The highest BCUT2D eigenvalue weighted by Crippen LogP contribution is 2.54. The largest absolute Gasteiger partial charge is 0.455 e. The standard InChI is InChI=1S/C22H36O4/c1-15-8-7-11-22(6,26-16(2)23)14-18(24)19-17(20(3,4)25)10-13-21(19,5)12-9-15/h7,9,11-12,15,17-19,24-25H,8,10,13-14H2,1-6H3/b11-7-,12-9+/t15-,17-,18+,19-,21+,22-/m1/s1. The maximum atomic E-state index is 11.6. The van der Waals surface area contributed by atoms with E-state index in [2.05, 4.69) is 26.0 Å². The Balaban J connectivity index is 2.46. The van der Waals surface area contributed by atoms with Crippen LogP contribution in [0.2, 0.25) is 0 Å². The Morgan fingerprint density at radius 2 is 1.92 bits per heavy atom. The van der Waals surface area contributed by atoms with Gasteiger partial charge in [0, 0.05) is 13.3 Å². The van der Waals surface area contributed by atoms with Crippen molar-refractivity contribution >= 4 is 5.97 Å². The second-order valence-electron chi connectivity index (χ2n) is 9.48. The monoisotopic (exact) mass is 364 g/mol. The lowest BCUT2D eigenvalue weighted by Crippen LogP contribution is -2.46. The lowest BCUT2D eigenvalue weighted by molar-refractivity contribution is -0.155. The predicted octanol–water partition coefficient (Wildman–Crippen LogP) is 4.01. The van der Waals surface area contributed by atoms with Gasteiger partial charge in [0.25, 0.3) is 0 Å². The molecular weight excluding hydrogens is 328 g/mol. The molecule has 0 aromatic heterocycles. The van der Waals surface area contributed by atoms with E-state index in [0.717, 1.165) is 19.3 Å². The molecule has 26 heavy (non-hydrogen) atoms. The van der Waals surface area contributed by atoms with Crippen molar-refractivity contribution in [2.45, 2.75) is 84.5 Å². The fourth-order valence-electron chi connectivity index (χ4n) is 4.98. The van der Waals surface area contributed by atoms with E-state index in [-0.39, 0.29) is 23.2 Å². The molecule has 4 heteroatoms. The maximum absolute atomic E-state index is 11.6. The van der Waals surface area contributed by atoms with Crippen LogP contribution in [-0.4, -0.2) is 33.5 Å². The zero-order valence-electron chi connectivity index (χ0n) is 17.2. The molecule has 0 aliphatic heterocycles. The van der Waals surface area contributed by atoms with E-state index in [1.165, 1.54) is 6.92 Å². The van der Waals surface area contributed by atoms with Gasteiger partial charge in [-0.15, -0.1) is 0 Å². The molecule has 0 spiro atoms. The maximum Gasteiger partial charge on any atom is 0.303 e. The number of carbonyl (C=O) groups excluding carboxylic acids is 1. The molecule has 0 bridgehead atoms. The van der Waals surface area contributed by atoms with Gasteiger partial charge in [-0.05, 0) is 69.3 Å². The van der Waals surface area contributed by atoms with E-state index in [1.54, 1.807) is 0 Å². The molecule has 6 atom stereocenters. The summed E-state index contributed by atoms with van der Waals surface area (Å²) in [7, 11) is 0. The molecule has 2 aliphatic rings. The number of hydrogen-bond donors (Lipinski definition) is 2. The van der Waals surface area contributed by atoms with Gasteiger partial charge in [0.2, 0.25) is 0 Å². The Labute approximate surface area is 158 Å². The number of hydrogen-bond acceptors (Lipinski definition) is 4. The van der Waals surface area contributed by atoms with Crippen molar-refractivity contribution in [3.05, 3.63) is 24.3 Å². The number of aliphatic hydroxyl groups excluding tert-OH is 1. The minimum atomic E-state index is -0.864. The van der Waals surface area contributed by atoms with Crippen LogP contribution in [0, 0.1) is 23.2 Å². The first kappa shape index (κ1) is 21.2. The smallest absolute Gasteiger partial charge is 0.303 e.